The van der Waals surface area contributed by atoms with Gasteiger partial charge in [0.25, 0.3) is 0 Å². The number of nitriles is 2. The van der Waals surface area contributed by atoms with Crippen LogP contribution in [-0.2, 0) is 6.61 Å². The van der Waals surface area contributed by atoms with Crippen LogP contribution in [0.25, 0.3) is 6.08 Å². The van der Waals surface area contributed by atoms with Crippen LogP contribution in [0.4, 0.5) is 4.39 Å². The highest BCUT2D eigenvalue weighted by atomic mass is 19.1. The van der Waals surface area contributed by atoms with Crippen molar-refractivity contribution in [2.75, 3.05) is 7.11 Å². The molecular formula is C18H13FN2O2. The Morgan fingerprint density at radius 3 is 2.52 bits per heavy atom. The van der Waals surface area contributed by atoms with Gasteiger partial charge in [0.2, 0.25) is 0 Å². The molecule has 0 heterocycles. The first kappa shape index (κ1) is 16.1. The number of allylic oxidation sites excluding steroid dienone is 1. The van der Waals surface area contributed by atoms with Gasteiger partial charge in [-0.3, -0.25) is 0 Å². The predicted octanol–water partition coefficient (Wildman–Crippen LogP) is 3.84. The van der Waals surface area contributed by atoms with E-state index in [1.165, 1.54) is 25.3 Å². The maximum absolute atomic E-state index is 13.6. The number of hydrogen-bond donors (Lipinski definition) is 0. The molecule has 0 spiro atoms. The molecule has 4 nitrogen and oxygen atoms in total. The topological polar surface area (TPSA) is 66.0 Å². The SMILES string of the molecule is COc1ccc(C=C(C#N)C#N)cc1COc1ccccc1F. The van der Waals surface area contributed by atoms with Crippen molar-refractivity contribution in [3.63, 3.8) is 0 Å². The van der Waals surface area contributed by atoms with Crippen LogP contribution in [0.2, 0.25) is 0 Å². The predicted molar refractivity (Wildman–Crippen MR) is 82.9 cm³/mol. The van der Waals surface area contributed by atoms with Gasteiger partial charge in [-0.25, -0.2) is 4.39 Å². The maximum atomic E-state index is 13.6. The monoisotopic (exact) mass is 308 g/mol. The van der Waals surface area contributed by atoms with Crippen molar-refractivity contribution in [2.45, 2.75) is 6.61 Å². The summed E-state index contributed by atoms with van der Waals surface area (Å²) < 4.78 is 24.3. The zero-order valence-corrected chi connectivity index (χ0v) is 12.4. The molecule has 2 aromatic rings. The lowest BCUT2D eigenvalue weighted by atomic mass is 10.1. The van der Waals surface area contributed by atoms with E-state index in [9.17, 15) is 4.39 Å². The van der Waals surface area contributed by atoms with Crippen molar-refractivity contribution in [3.8, 4) is 23.6 Å². The van der Waals surface area contributed by atoms with E-state index in [4.69, 9.17) is 20.0 Å². The molecule has 0 saturated carbocycles. The first-order chi connectivity index (χ1) is 11.2. The molecule has 2 rings (SSSR count). The lowest BCUT2D eigenvalue weighted by Crippen LogP contribution is -2.00. The highest BCUT2D eigenvalue weighted by molar-refractivity contribution is 5.63. The Morgan fingerprint density at radius 1 is 1.13 bits per heavy atom. The van der Waals surface area contributed by atoms with E-state index in [1.54, 1.807) is 42.5 Å². The molecule has 2 aromatic carbocycles. The van der Waals surface area contributed by atoms with Gasteiger partial charge in [-0.15, -0.1) is 0 Å². The molecule has 5 heteroatoms. The Labute approximate surface area is 133 Å². The number of rotatable bonds is 5. The van der Waals surface area contributed by atoms with Gasteiger partial charge in [-0.2, -0.15) is 10.5 Å². The number of benzene rings is 2. The average Bonchev–Trinajstić information content (AvgIpc) is 2.59. The van der Waals surface area contributed by atoms with Crippen molar-refractivity contribution < 1.29 is 13.9 Å². The Hall–Kier alpha value is -3.31. The van der Waals surface area contributed by atoms with Gasteiger partial charge >= 0.3 is 0 Å². The molecule has 0 aliphatic carbocycles. The Balaban J connectivity index is 2.27. The van der Waals surface area contributed by atoms with E-state index in [-0.39, 0.29) is 17.9 Å². The first-order valence-corrected chi connectivity index (χ1v) is 6.74. The van der Waals surface area contributed by atoms with Crippen molar-refractivity contribution in [3.05, 3.63) is 65.0 Å². The minimum Gasteiger partial charge on any atom is -0.496 e. The van der Waals surface area contributed by atoms with Crippen LogP contribution in [0.3, 0.4) is 0 Å². The van der Waals surface area contributed by atoms with Crippen LogP contribution in [0.1, 0.15) is 11.1 Å². The molecule has 0 atom stereocenters. The lowest BCUT2D eigenvalue weighted by molar-refractivity contribution is 0.282. The number of ether oxygens (including phenoxy) is 2. The fourth-order valence-corrected chi connectivity index (χ4v) is 1.97. The van der Waals surface area contributed by atoms with Gasteiger partial charge in [-0.05, 0) is 35.9 Å². The number of para-hydroxylation sites is 1. The average molecular weight is 308 g/mol. The van der Waals surface area contributed by atoms with Gasteiger partial charge in [0.05, 0.1) is 7.11 Å². The van der Waals surface area contributed by atoms with Crippen molar-refractivity contribution in [1.82, 2.24) is 0 Å². The summed E-state index contributed by atoms with van der Waals surface area (Å²) in [4.78, 5) is 0. The summed E-state index contributed by atoms with van der Waals surface area (Å²) in [5.74, 6) is 0.276. The summed E-state index contributed by atoms with van der Waals surface area (Å²) in [5, 5.41) is 17.6. The van der Waals surface area contributed by atoms with E-state index in [2.05, 4.69) is 0 Å². The zero-order valence-electron chi connectivity index (χ0n) is 12.4. The van der Waals surface area contributed by atoms with E-state index in [0.29, 0.717) is 16.9 Å². The van der Waals surface area contributed by atoms with Crippen LogP contribution >= 0.6 is 0 Å². The van der Waals surface area contributed by atoms with Crippen LogP contribution in [0, 0.1) is 28.5 Å². The Kier molecular flexibility index (Phi) is 5.33. The minimum atomic E-state index is -0.446. The molecule has 0 saturated heterocycles. The van der Waals surface area contributed by atoms with Gasteiger partial charge in [0, 0.05) is 5.56 Å². The fraction of sp³-hybridized carbons (Fsp3) is 0.111. The molecule has 23 heavy (non-hydrogen) atoms. The van der Waals surface area contributed by atoms with E-state index >= 15 is 0 Å². The van der Waals surface area contributed by atoms with Crippen molar-refractivity contribution >= 4 is 6.08 Å². The molecule has 114 valence electrons. The second kappa shape index (κ2) is 7.63. The number of methoxy groups -OCH3 is 1. The highest BCUT2D eigenvalue weighted by Gasteiger charge is 2.08. The first-order valence-electron chi connectivity index (χ1n) is 6.74. The third-order valence-corrected chi connectivity index (χ3v) is 3.08. The highest BCUT2D eigenvalue weighted by Crippen LogP contribution is 2.24. The minimum absolute atomic E-state index is 0.00357. The van der Waals surface area contributed by atoms with Crippen molar-refractivity contribution in [1.29, 1.82) is 10.5 Å². The van der Waals surface area contributed by atoms with Gasteiger partial charge < -0.3 is 9.47 Å². The quantitative estimate of drug-likeness (QED) is 0.787. The normalized spacial score (nSPS) is 9.39. The molecule has 0 aliphatic rings. The third-order valence-electron chi connectivity index (χ3n) is 3.08. The van der Waals surface area contributed by atoms with Crippen LogP contribution in [0.15, 0.2) is 48.0 Å². The Morgan fingerprint density at radius 2 is 1.87 bits per heavy atom. The molecule has 0 aromatic heterocycles. The summed E-state index contributed by atoms with van der Waals surface area (Å²) in [6, 6.07) is 14.9. The molecule has 0 fully saturated rings. The summed E-state index contributed by atoms with van der Waals surface area (Å²) in [7, 11) is 1.52. The summed E-state index contributed by atoms with van der Waals surface area (Å²) in [6.07, 6.45) is 1.46. The Bertz CT molecular complexity index is 801. The standard InChI is InChI=1S/C18H13FN2O2/c1-22-17-7-6-13(8-14(10-20)11-21)9-15(17)12-23-18-5-3-2-4-16(18)19/h2-9H,12H2,1H3. The second-order valence-corrected chi connectivity index (χ2v) is 4.57. The van der Waals surface area contributed by atoms with Crippen LogP contribution in [-0.4, -0.2) is 7.11 Å². The lowest BCUT2D eigenvalue weighted by Gasteiger charge is -2.11. The summed E-state index contributed by atoms with van der Waals surface area (Å²) >= 11 is 0. The molecule has 0 unspecified atom stereocenters. The fourth-order valence-electron chi connectivity index (χ4n) is 1.97. The van der Waals surface area contributed by atoms with Gasteiger partial charge in [-0.1, -0.05) is 18.2 Å². The van der Waals surface area contributed by atoms with Crippen LogP contribution < -0.4 is 9.47 Å². The molecule has 0 bridgehead atoms. The second-order valence-electron chi connectivity index (χ2n) is 4.57. The van der Waals surface area contributed by atoms with Gasteiger partial charge in [0.1, 0.15) is 30.1 Å². The van der Waals surface area contributed by atoms with Crippen LogP contribution in [0.5, 0.6) is 11.5 Å². The van der Waals surface area contributed by atoms with E-state index < -0.39 is 5.82 Å². The summed E-state index contributed by atoms with van der Waals surface area (Å²) in [5.41, 5.74) is 1.34. The van der Waals surface area contributed by atoms with Gasteiger partial charge in [0.15, 0.2) is 11.6 Å². The summed E-state index contributed by atoms with van der Waals surface area (Å²) in [6.45, 7) is 0.0974. The number of nitrogens with zero attached hydrogens (tertiary/aromatic N) is 2. The maximum Gasteiger partial charge on any atom is 0.165 e. The molecule has 0 radical (unpaired) electrons. The smallest absolute Gasteiger partial charge is 0.165 e. The molecule has 0 amide bonds. The van der Waals surface area contributed by atoms with E-state index in [0.717, 1.165) is 0 Å². The number of hydrogen-bond acceptors (Lipinski definition) is 4. The molecule has 0 N–H and O–H groups in total. The molecular weight excluding hydrogens is 295 g/mol. The molecule has 0 aliphatic heterocycles. The zero-order chi connectivity index (χ0) is 16.7. The largest absolute Gasteiger partial charge is 0.496 e. The number of halogens is 1. The third kappa shape index (κ3) is 4.09. The van der Waals surface area contributed by atoms with Crippen molar-refractivity contribution in [2.24, 2.45) is 0 Å². The van der Waals surface area contributed by atoms with E-state index in [1.807, 2.05) is 0 Å².